The zero-order valence-corrected chi connectivity index (χ0v) is 8.23. The number of hydrogen-bond donors (Lipinski definition) is 1. The predicted octanol–water partition coefficient (Wildman–Crippen LogP) is 0.276. The van der Waals surface area contributed by atoms with Crippen LogP contribution in [-0.4, -0.2) is 31.3 Å². The number of aliphatic hydroxyl groups excluding tert-OH is 1. The normalized spacial score (nSPS) is 11.1. The fraction of sp³-hybridized carbons (Fsp3) is 0.444. The third-order valence-electron chi connectivity index (χ3n) is 2.35. The van der Waals surface area contributed by atoms with Crippen molar-refractivity contribution in [2.45, 2.75) is 20.3 Å². The third-order valence-corrected chi connectivity index (χ3v) is 2.35. The molecule has 0 saturated heterocycles. The van der Waals surface area contributed by atoms with Crippen LogP contribution in [0.3, 0.4) is 0 Å². The van der Waals surface area contributed by atoms with Crippen LogP contribution < -0.4 is 0 Å². The molecule has 0 saturated carbocycles. The summed E-state index contributed by atoms with van der Waals surface area (Å²) < 4.78 is 1.69. The first-order valence-corrected chi connectivity index (χ1v) is 4.50. The second-order valence-electron chi connectivity index (χ2n) is 3.21. The molecule has 0 fully saturated rings. The minimum Gasteiger partial charge on any atom is -0.396 e. The summed E-state index contributed by atoms with van der Waals surface area (Å²) in [5.41, 5.74) is 2.96. The summed E-state index contributed by atoms with van der Waals surface area (Å²) >= 11 is 0. The Labute approximate surface area is 81.4 Å². The van der Waals surface area contributed by atoms with Gasteiger partial charge in [0.15, 0.2) is 0 Å². The molecule has 0 amide bonds. The highest BCUT2D eigenvalue weighted by molar-refractivity contribution is 5.35. The maximum Gasteiger partial charge on any atom is 0.252 e. The zero-order valence-electron chi connectivity index (χ0n) is 8.23. The summed E-state index contributed by atoms with van der Waals surface area (Å²) in [5.74, 6) is 0.613. The molecule has 1 N–H and O–H groups in total. The highest BCUT2D eigenvalue weighted by atomic mass is 16.2. The summed E-state index contributed by atoms with van der Waals surface area (Å²) in [6.07, 6.45) is 2.10. The van der Waals surface area contributed by atoms with Gasteiger partial charge in [-0.25, -0.2) is 9.50 Å². The first-order chi connectivity index (χ1) is 6.74. The second kappa shape index (κ2) is 3.34. The molecule has 74 valence electrons. The SMILES string of the molecule is Cc1nc2ncnn2c(C)c1CCO. The first kappa shape index (κ1) is 9.08. The van der Waals surface area contributed by atoms with Crippen LogP contribution in [0.1, 0.15) is 17.0 Å². The number of rotatable bonds is 2. The lowest BCUT2D eigenvalue weighted by Crippen LogP contribution is -2.07. The van der Waals surface area contributed by atoms with E-state index in [0.717, 1.165) is 17.0 Å². The second-order valence-corrected chi connectivity index (χ2v) is 3.21. The lowest BCUT2D eigenvalue weighted by molar-refractivity contribution is 0.298. The molecule has 2 heterocycles. The minimum atomic E-state index is 0.129. The minimum absolute atomic E-state index is 0.129. The standard InChI is InChI=1S/C9H12N4O/c1-6-8(3-4-14)7(2)13-9(12-6)10-5-11-13/h5,14H,3-4H2,1-2H3. The average molecular weight is 192 g/mol. The number of aromatic nitrogens is 4. The average Bonchev–Trinajstić information content (AvgIpc) is 2.60. The smallest absolute Gasteiger partial charge is 0.252 e. The van der Waals surface area contributed by atoms with E-state index in [2.05, 4.69) is 15.1 Å². The van der Waals surface area contributed by atoms with E-state index < -0.39 is 0 Å². The van der Waals surface area contributed by atoms with Crippen molar-refractivity contribution < 1.29 is 5.11 Å². The van der Waals surface area contributed by atoms with Crippen LogP contribution in [0.2, 0.25) is 0 Å². The van der Waals surface area contributed by atoms with Crippen LogP contribution in [0.25, 0.3) is 5.78 Å². The number of aliphatic hydroxyl groups is 1. The van der Waals surface area contributed by atoms with Crippen molar-refractivity contribution in [3.8, 4) is 0 Å². The predicted molar refractivity (Wildman–Crippen MR) is 51.0 cm³/mol. The Morgan fingerprint density at radius 1 is 1.43 bits per heavy atom. The fourth-order valence-electron chi connectivity index (χ4n) is 1.63. The van der Waals surface area contributed by atoms with E-state index in [1.807, 2.05) is 13.8 Å². The molecule has 0 atom stereocenters. The molecule has 0 radical (unpaired) electrons. The quantitative estimate of drug-likeness (QED) is 0.742. The molecule has 0 aliphatic heterocycles. The lowest BCUT2D eigenvalue weighted by atomic mass is 10.1. The Kier molecular flexibility index (Phi) is 2.17. The molecule has 0 bridgehead atoms. The van der Waals surface area contributed by atoms with Crippen LogP contribution in [0.4, 0.5) is 0 Å². The van der Waals surface area contributed by atoms with Crippen LogP contribution in [-0.2, 0) is 6.42 Å². The van der Waals surface area contributed by atoms with Gasteiger partial charge in [0.05, 0.1) is 0 Å². The maximum absolute atomic E-state index is 8.92. The molecular weight excluding hydrogens is 180 g/mol. The third kappa shape index (κ3) is 1.26. The molecule has 0 aliphatic carbocycles. The van der Waals surface area contributed by atoms with Gasteiger partial charge in [-0.05, 0) is 25.8 Å². The van der Waals surface area contributed by atoms with Crippen molar-refractivity contribution in [1.82, 2.24) is 19.6 Å². The van der Waals surface area contributed by atoms with Gasteiger partial charge in [0, 0.05) is 18.0 Å². The van der Waals surface area contributed by atoms with Gasteiger partial charge in [0.25, 0.3) is 5.78 Å². The lowest BCUT2D eigenvalue weighted by Gasteiger charge is -2.08. The van der Waals surface area contributed by atoms with E-state index in [1.54, 1.807) is 4.52 Å². The number of nitrogens with zero attached hydrogens (tertiary/aromatic N) is 4. The Hall–Kier alpha value is -1.49. The number of fused-ring (bicyclic) bond motifs is 1. The molecule has 0 unspecified atom stereocenters. The van der Waals surface area contributed by atoms with E-state index in [9.17, 15) is 0 Å². The molecule has 0 spiro atoms. The van der Waals surface area contributed by atoms with Crippen molar-refractivity contribution >= 4 is 5.78 Å². The highest BCUT2D eigenvalue weighted by Gasteiger charge is 2.09. The van der Waals surface area contributed by atoms with E-state index in [1.165, 1.54) is 6.33 Å². The van der Waals surface area contributed by atoms with Gasteiger partial charge in [-0.1, -0.05) is 0 Å². The Bertz CT molecular complexity index is 463. The number of aryl methyl sites for hydroxylation is 2. The van der Waals surface area contributed by atoms with Gasteiger partial charge < -0.3 is 5.11 Å². The van der Waals surface area contributed by atoms with E-state index in [-0.39, 0.29) is 6.61 Å². The van der Waals surface area contributed by atoms with Crippen LogP contribution in [0.5, 0.6) is 0 Å². The first-order valence-electron chi connectivity index (χ1n) is 4.50. The van der Waals surface area contributed by atoms with Gasteiger partial charge in [-0.2, -0.15) is 10.1 Å². The molecule has 2 aromatic heterocycles. The van der Waals surface area contributed by atoms with E-state index in [0.29, 0.717) is 12.2 Å². The van der Waals surface area contributed by atoms with E-state index in [4.69, 9.17) is 5.11 Å². The Balaban J connectivity index is 2.69. The van der Waals surface area contributed by atoms with Crippen molar-refractivity contribution in [2.24, 2.45) is 0 Å². The fourth-order valence-corrected chi connectivity index (χ4v) is 1.63. The largest absolute Gasteiger partial charge is 0.396 e. The van der Waals surface area contributed by atoms with Crippen LogP contribution in [0.15, 0.2) is 6.33 Å². The Morgan fingerprint density at radius 3 is 2.93 bits per heavy atom. The van der Waals surface area contributed by atoms with Crippen molar-refractivity contribution in [1.29, 1.82) is 0 Å². The summed E-state index contributed by atoms with van der Waals surface area (Å²) in [6, 6.07) is 0. The monoisotopic (exact) mass is 192 g/mol. The zero-order chi connectivity index (χ0) is 10.1. The molecule has 0 aliphatic rings. The summed E-state index contributed by atoms with van der Waals surface area (Å²) in [7, 11) is 0. The van der Waals surface area contributed by atoms with E-state index >= 15 is 0 Å². The van der Waals surface area contributed by atoms with Gasteiger partial charge in [0.1, 0.15) is 6.33 Å². The summed E-state index contributed by atoms with van der Waals surface area (Å²) in [4.78, 5) is 8.31. The van der Waals surface area contributed by atoms with Crippen molar-refractivity contribution in [3.05, 3.63) is 23.3 Å². The topological polar surface area (TPSA) is 63.3 Å². The van der Waals surface area contributed by atoms with Crippen molar-refractivity contribution in [2.75, 3.05) is 6.61 Å². The summed E-state index contributed by atoms with van der Waals surface area (Å²) in [5, 5.41) is 13.0. The molecule has 5 nitrogen and oxygen atoms in total. The molecule has 2 rings (SSSR count). The Morgan fingerprint density at radius 2 is 2.21 bits per heavy atom. The number of hydrogen-bond acceptors (Lipinski definition) is 4. The van der Waals surface area contributed by atoms with Gasteiger partial charge in [-0.3, -0.25) is 0 Å². The summed E-state index contributed by atoms with van der Waals surface area (Å²) in [6.45, 7) is 4.01. The molecular formula is C9H12N4O. The maximum atomic E-state index is 8.92. The van der Waals surface area contributed by atoms with Gasteiger partial charge in [0.2, 0.25) is 0 Å². The molecule has 14 heavy (non-hydrogen) atoms. The van der Waals surface area contributed by atoms with Crippen LogP contribution in [0, 0.1) is 13.8 Å². The van der Waals surface area contributed by atoms with Gasteiger partial charge in [-0.15, -0.1) is 0 Å². The van der Waals surface area contributed by atoms with Crippen molar-refractivity contribution in [3.63, 3.8) is 0 Å². The molecule has 0 aromatic carbocycles. The van der Waals surface area contributed by atoms with Crippen LogP contribution >= 0.6 is 0 Å². The molecule has 5 heteroatoms. The highest BCUT2D eigenvalue weighted by Crippen LogP contribution is 2.12. The molecule has 2 aromatic rings. The van der Waals surface area contributed by atoms with Gasteiger partial charge >= 0.3 is 0 Å².